The third-order valence-corrected chi connectivity index (χ3v) is 3.22. The van der Waals surface area contributed by atoms with Crippen LogP contribution < -0.4 is 0 Å². The smallest absolute Gasteiger partial charge is 0.256 e. The molecule has 3 nitrogen and oxygen atoms in total. The molecular weight excluding hydrogens is 324 g/mol. The Hall–Kier alpha value is -0.650. The van der Waals surface area contributed by atoms with E-state index in [0.29, 0.717) is 13.2 Å². The van der Waals surface area contributed by atoms with Crippen molar-refractivity contribution in [3.8, 4) is 0 Å². The van der Waals surface area contributed by atoms with Crippen molar-refractivity contribution in [2.75, 3.05) is 27.3 Å². The Balaban J connectivity index is 2.77. The molecule has 0 aliphatic heterocycles. The van der Waals surface area contributed by atoms with E-state index < -0.39 is 11.7 Å². The monoisotopic (exact) mass is 337 g/mol. The van der Waals surface area contributed by atoms with Gasteiger partial charge < -0.3 is 9.64 Å². The fraction of sp³-hybridized carbons (Fsp3) is 0.417. The van der Waals surface area contributed by atoms with Gasteiger partial charge in [-0.15, -0.1) is 11.6 Å². The van der Waals surface area contributed by atoms with Crippen LogP contribution in [0.4, 0.5) is 4.39 Å². The molecule has 0 heterocycles. The highest BCUT2D eigenvalue weighted by Crippen LogP contribution is 2.19. The Morgan fingerprint density at radius 2 is 2.28 bits per heavy atom. The number of halogens is 3. The summed E-state index contributed by atoms with van der Waals surface area (Å²) in [7, 11) is 3.11. The van der Waals surface area contributed by atoms with Crippen LogP contribution in [0.2, 0.25) is 0 Å². The van der Waals surface area contributed by atoms with E-state index in [0.717, 1.165) is 0 Å². The second kappa shape index (κ2) is 7.07. The molecule has 100 valence electrons. The van der Waals surface area contributed by atoms with Crippen molar-refractivity contribution in [2.24, 2.45) is 0 Å². The zero-order chi connectivity index (χ0) is 13.7. The van der Waals surface area contributed by atoms with Crippen LogP contribution in [-0.4, -0.2) is 43.5 Å². The van der Waals surface area contributed by atoms with Crippen molar-refractivity contribution in [1.82, 2.24) is 4.90 Å². The first-order valence-corrected chi connectivity index (χ1v) is 6.52. The van der Waals surface area contributed by atoms with Gasteiger partial charge in [0.25, 0.3) is 5.91 Å². The number of carbonyl (C=O) groups excluding carboxylic acids is 1. The summed E-state index contributed by atoms with van der Waals surface area (Å²) in [6, 6.07) is 4.60. The molecule has 1 unspecified atom stereocenters. The molecule has 0 aliphatic carbocycles. The van der Waals surface area contributed by atoms with Crippen molar-refractivity contribution in [1.29, 1.82) is 0 Å². The molecule has 0 aromatic heterocycles. The van der Waals surface area contributed by atoms with Crippen LogP contribution in [0.5, 0.6) is 0 Å². The Morgan fingerprint density at radius 3 is 2.89 bits per heavy atom. The average Bonchev–Trinajstić information content (AvgIpc) is 2.32. The molecule has 0 bridgehead atoms. The second-order valence-corrected chi connectivity index (χ2v) is 5.31. The SMILES string of the molecule is COCC(Cl)CN(C)C(=O)c1cccc(Br)c1F. The summed E-state index contributed by atoms with van der Waals surface area (Å²) in [5.74, 6) is -0.970. The van der Waals surface area contributed by atoms with E-state index in [1.165, 1.54) is 18.1 Å². The number of rotatable bonds is 5. The van der Waals surface area contributed by atoms with Crippen molar-refractivity contribution < 1.29 is 13.9 Å². The molecule has 0 aliphatic rings. The maximum absolute atomic E-state index is 13.7. The van der Waals surface area contributed by atoms with E-state index in [4.69, 9.17) is 16.3 Å². The van der Waals surface area contributed by atoms with Gasteiger partial charge in [0.2, 0.25) is 0 Å². The fourth-order valence-corrected chi connectivity index (χ4v) is 2.19. The highest BCUT2D eigenvalue weighted by molar-refractivity contribution is 9.10. The quantitative estimate of drug-likeness (QED) is 0.773. The Kier molecular flexibility index (Phi) is 6.05. The molecule has 0 saturated heterocycles. The Morgan fingerprint density at radius 1 is 1.61 bits per heavy atom. The number of methoxy groups -OCH3 is 1. The van der Waals surface area contributed by atoms with Gasteiger partial charge in [-0.2, -0.15) is 0 Å². The van der Waals surface area contributed by atoms with Gasteiger partial charge >= 0.3 is 0 Å². The van der Waals surface area contributed by atoms with E-state index >= 15 is 0 Å². The molecule has 0 spiro atoms. The lowest BCUT2D eigenvalue weighted by atomic mass is 10.2. The third-order valence-electron chi connectivity index (χ3n) is 2.35. The number of benzene rings is 1. The molecule has 1 atom stereocenters. The lowest BCUT2D eigenvalue weighted by Crippen LogP contribution is -2.34. The summed E-state index contributed by atoms with van der Waals surface area (Å²) in [5, 5.41) is -0.320. The minimum absolute atomic E-state index is 0.0214. The third kappa shape index (κ3) is 3.93. The lowest BCUT2D eigenvalue weighted by Gasteiger charge is -2.20. The fourth-order valence-electron chi connectivity index (χ4n) is 1.49. The average molecular weight is 339 g/mol. The largest absolute Gasteiger partial charge is 0.383 e. The summed E-state index contributed by atoms with van der Waals surface area (Å²) < 4.78 is 18.9. The van der Waals surface area contributed by atoms with E-state index in [2.05, 4.69) is 15.9 Å². The molecule has 0 fully saturated rings. The van der Waals surface area contributed by atoms with Gasteiger partial charge in [0, 0.05) is 20.7 Å². The summed E-state index contributed by atoms with van der Waals surface area (Å²) in [6.07, 6.45) is 0. The first-order chi connectivity index (χ1) is 8.47. The van der Waals surface area contributed by atoms with Crippen LogP contribution in [0.15, 0.2) is 22.7 Å². The second-order valence-electron chi connectivity index (χ2n) is 3.84. The van der Waals surface area contributed by atoms with Gasteiger partial charge in [-0.25, -0.2) is 4.39 Å². The van der Waals surface area contributed by atoms with E-state index in [1.54, 1.807) is 19.2 Å². The summed E-state index contributed by atoms with van der Waals surface area (Å²) in [4.78, 5) is 13.4. The zero-order valence-corrected chi connectivity index (χ0v) is 12.5. The molecule has 6 heteroatoms. The van der Waals surface area contributed by atoms with E-state index in [-0.39, 0.29) is 15.4 Å². The lowest BCUT2D eigenvalue weighted by molar-refractivity contribution is 0.0777. The Bertz CT molecular complexity index is 431. The topological polar surface area (TPSA) is 29.5 Å². The van der Waals surface area contributed by atoms with Crippen LogP contribution in [-0.2, 0) is 4.74 Å². The van der Waals surface area contributed by atoms with Gasteiger partial charge in [-0.3, -0.25) is 4.79 Å². The predicted octanol–water partition coefficient (Wildman–Crippen LogP) is 2.91. The normalized spacial score (nSPS) is 12.3. The highest BCUT2D eigenvalue weighted by atomic mass is 79.9. The van der Waals surface area contributed by atoms with Crippen LogP contribution in [0.25, 0.3) is 0 Å². The number of alkyl halides is 1. The molecule has 0 radical (unpaired) electrons. The van der Waals surface area contributed by atoms with Gasteiger partial charge in [-0.1, -0.05) is 6.07 Å². The molecule has 1 aromatic carbocycles. The van der Waals surface area contributed by atoms with Crippen molar-refractivity contribution >= 4 is 33.4 Å². The number of carbonyl (C=O) groups is 1. The van der Waals surface area contributed by atoms with Crippen LogP contribution >= 0.6 is 27.5 Å². The van der Waals surface area contributed by atoms with Crippen LogP contribution in [0, 0.1) is 5.82 Å². The molecule has 1 aromatic rings. The first-order valence-electron chi connectivity index (χ1n) is 5.29. The standard InChI is InChI=1S/C12H14BrClFNO2/c1-16(6-8(14)7-18-2)12(17)9-4-3-5-10(13)11(9)15/h3-5,8H,6-7H2,1-2H3. The number of ether oxygens (including phenoxy) is 1. The highest BCUT2D eigenvalue weighted by Gasteiger charge is 2.19. The van der Waals surface area contributed by atoms with Gasteiger partial charge in [-0.05, 0) is 28.1 Å². The van der Waals surface area contributed by atoms with Gasteiger partial charge in [0.1, 0.15) is 5.82 Å². The molecule has 0 saturated carbocycles. The minimum atomic E-state index is -0.563. The first kappa shape index (κ1) is 15.4. The Labute approximate surface area is 119 Å². The van der Waals surface area contributed by atoms with Crippen LogP contribution in [0.1, 0.15) is 10.4 Å². The van der Waals surface area contributed by atoms with E-state index in [9.17, 15) is 9.18 Å². The van der Waals surface area contributed by atoms with E-state index in [1.807, 2.05) is 0 Å². The summed E-state index contributed by atoms with van der Waals surface area (Å²) in [6.45, 7) is 0.625. The van der Waals surface area contributed by atoms with Crippen molar-refractivity contribution in [2.45, 2.75) is 5.38 Å². The summed E-state index contributed by atoms with van der Waals surface area (Å²) >= 11 is 9.00. The number of amides is 1. The van der Waals surface area contributed by atoms with Crippen LogP contribution in [0.3, 0.4) is 0 Å². The molecular formula is C12H14BrClFNO2. The number of hydrogen-bond acceptors (Lipinski definition) is 2. The predicted molar refractivity (Wildman–Crippen MR) is 72.6 cm³/mol. The number of nitrogens with zero attached hydrogens (tertiary/aromatic N) is 1. The maximum atomic E-state index is 13.7. The molecule has 1 amide bonds. The maximum Gasteiger partial charge on any atom is 0.256 e. The number of hydrogen-bond donors (Lipinski definition) is 0. The van der Waals surface area contributed by atoms with Gasteiger partial charge in [0.05, 0.1) is 22.0 Å². The molecule has 1 rings (SSSR count). The van der Waals surface area contributed by atoms with Gasteiger partial charge in [0.15, 0.2) is 0 Å². The minimum Gasteiger partial charge on any atom is -0.383 e. The molecule has 0 N–H and O–H groups in total. The van der Waals surface area contributed by atoms with Crippen molar-refractivity contribution in [3.63, 3.8) is 0 Å². The van der Waals surface area contributed by atoms with Crippen molar-refractivity contribution in [3.05, 3.63) is 34.1 Å². The zero-order valence-electron chi connectivity index (χ0n) is 10.1. The summed E-state index contributed by atoms with van der Waals surface area (Å²) in [5.41, 5.74) is 0.0214. The molecule has 18 heavy (non-hydrogen) atoms.